The fourth-order valence-corrected chi connectivity index (χ4v) is 3.87. The number of halogens is 1. The Labute approximate surface area is 186 Å². The first-order valence-corrected chi connectivity index (χ1v) is 11.3. The Kier molecular flexibility index (Phi) is 6.83. The SMILES string of the molecule is CC(C)CCNC(=O)CN(C)c1nn2c(NC(C)(C)C)c(-c3ccc(F)cc3)nc2s1. The van der Waals surface area contributed by atoms with E-state index in [9.17, 15) is 9.18 Å². The average molecular weight is 447 g/mol. The van der Waals surface area contributed by atoms with Gasteiger partial charge in [0.25, 0.3) is 0 Å². The van der Waals surface area contributed by atoms with Crippen LogP contribution in [0.3, 0.4) is 0 Å². The van der Waals surface area contributed by atoms with E-state index in [2.05, 4.69) is 45.3 Å². The number of nitrogens with one attached hydrogen (secondary N) is 2. The second-order valence-corrected chi connectivity index (χ2v) is 10.1. The summed E-state index contributed by atoms with van der Waals surface area (Å²) < 4.78 is 15.2. The molecule has 1 amide bonds. The van der Waals surface area contributed by atoms with Gasteiger partial charge in [-0.05, 0) is 57.4 Å². The minimum Gasteiger partial charge on any atom is -0.364 e. The number of rotatable bonds is 8. The quantitative estimate of drug-likeness (QED) is 0.536. The highest BCUT2D eigenvalue weighted by atomic mass is 32.1. The summed E-state index contributed by atoms with van der Waals surface area (Å²) >= 11 is 1.41. The van der Waals surface area contributed by atoms with Crippen LogP contribution in [0.25, 0.3) is 16.2 Å². The van der Waals surface area contributed by atoms with Crippen LogP contribution in [0.2, 0.25) is 0 Å². The number of hydrogen-bond donors (Lipinski definition) is 2. The Morgan fingerprint density at radius 2 is 1.94 bits per heavy atom. The minimum absolute atomic E-state index is 0.0315. The number of imidazole rings is 1. The van der Waals surface area contributed by atoms with Crippen molar-refractivity contribution in [2.45, 2.75) is 46.6 Å². The number of anilines is 2. The van der Waals surface area contributed by atoms with Crippen molar-refractivity contribution in [1.29, 1.82) is 0 Å². The molecule has 0 radical (unpaired) electrons. The highest BCUT2D eigenvalue weighted by Gasteiger charge is 2.23. The maximum absolute atomic E-state index is 13.4. The third-order valence-electron chi connectivity index (χ3n) is 4.56. The van der Waals surface area contributed by atoms with Gasteiger partial charge in [0.2, 0.25) is 16.0 Å². The van der Waals surface area contributed by atoms with Gasteiger partial charge in [-0.2, -0.15) is 4.52 Å². The zero-order valence-corrected chi connectivity index (χ0v) is 19.8. The number of likely N-dealkylation sites (N-methyl/N-ethyl adjacent to an activating group) is 1. The molecule has 3 rings (SSSR count). The summed E-state index contributed by atoms with van der Waals surface area (Å²) in [4.78, 5) is 19.5. The summed E-state index contributed by atoms with van der Waals surface area (Å²) in [5.41, 5.74) is 1.30. The van der Waals surface area contributed by atoms with Crippen molar-refractivity contribution >= 4 is 33.2 Å². The fraction of sp³-hybridized carbons (Fsp3) is 0.500. The molecule has 0 saturated carbocycles. The van der Waals surface area contributed by atoms with Gasteiger partial charge in [0, 0.05) is 24.7 Å². The lowest BCUT2D eigenvalue weighted by Gasteiger charge is -2.22. The van der Waals surface area contributed by atoms with Gasteiger partial charge < -0.3 is 15.5 Å². The second kappa shape index (κ2) is 9.21. The van der Waals surface area contributed by atoms with Crippen molar-refractivity contribution in [2.24, 2.45) is 5.92 Å². The molecule has 0 saturated heterocycles. The van der Waals surface area contributed by atoms with Crippen molar-refractivity contribution in [1.82, 2.24) is 19.9 Å². The van der Waals surface area contributed by atoms with E-state index < -0.39 is 0 Å². The molecule has 7 nitrogen and oxygen atoms in total. The van der Waals surface area contributed by atoms with Crippen LogP contribution in [0.4, 0.5) is 15.3 Å². The van der Waals surface area contributed by atoms with Crippen molar-refractivity contribution in [3.8, 4) is 11.3 Å². The number of aromatic nitrogens is 3. The first kappa shape index (κ1) is 23.0. The summed E-state index contributed by atoms with van der Waals surface area (Å²) in [5.74, 6) is 0.972. The number of carbonyl (C=O) groups is 1. The van der Waals surface area contributed by atoms with Crippen LogP contribution in [0.1, 0.15) is 41.0 Å². The summed E-state index contributed by atoms with van der Waals surface area (Å²) in [6.45, 7) is 11.3. The van der Waals surface area contributed by atoms with Crippen LogP contribution in [-0.4, -0.2) is 46.2 Å². The van der Waals surface area contributed by atoms with E-state index >= 15 is 0 Å². The molecule has 0 atom stereocenters. The van der Waals surface area contributed by atoms with Gasteiger partial charge in [0.05, 0.1) is 6.54 Å². The van der Waals surface area contributed by atoms with Crippen LogP contribution < -0.4 is 15.5 Å². The molecule has 9 heteroatoms. The summed E-state index contributed by atoms with van der Waals surface area (Å²) in [6, 6.07) is 6.27. The Morgan fingerprint density at radius 1 is 1.26 bits per heavy atom. The molecule has 0 aliphatic heterocycles. The summed E-state index contributed by atoms with van der Waals surface area (Å²) in [7, 11) is 1.85. The van der Waals surface area contributed by atoms with E-state index in [0.29, 0.717) is 28.2 Å². The monoisotopic (exact) mass is 446 g/mol. The highest BCUT2D eigenvalue weighted by Crippen LogP contribution is 2.34. The Bertz CT molecular complexity index is 1030. The van der Waals surface area contributed by atoms with E-state index in [1.165, 1.54) is 23.5 Å². The molecule has 0 aliphatic carbocycles. The molecule has 0 fully saturated rings. The van der Waals surface area contributed by atoms with Crippen molar-refractivity contribution in [2.75, 3.05) is 30.4 Å². The van der Waals surface area contributed by atoms with Crippen LogP contribution in [-0.2, 0) is 4.79 Å². The zero-order chi connectivity index (χ0) is 22.8. The molecule has 3 aromatic rings. The van der Waals surface area contributed by atoms with Crippen molar-refractivity contribution < 1.29 is 9.18 Å². The van der Waals surface area contributed by atoms with Gasteiger partial charge in [0.15, 0.2) is 5.82 Å². The van der Waals surface area contributed by atoms with Gasteiger partial charge in [-0.25, -0.2) is 9.37 Å². The maximum Gasteiger partial charge on any atom is 0.239 e. The first-order chi connectivity index (χ1) is 14.5. The molecular formula is C22H31FN6OS. The minimum atomic E-state index is -0.288. The lowest BCUT2D eigenvalue weighted by Crippen LogP contribution is -2.36. The predicted molar refractivity (Wildman–Crippen MR) is 125 cm³/mol. The van der Waals surface area contributed by atoms with Gasteiger partial charge in [-0.3, -0.25) is 4.79 Å². The standard InChI is InChI=1S/C22H31FN6OS/c1-14(2)11-12-24-17(30)13-28(6)21-27-29-19(26-22(3,4)5)18(25-20(29)31-21)15-7-9-16(23)10-8-15/h7-10,14,26H,11-13H2,1-6H3,(H,24,30). The normalized spacial score (nSPS) is 11.9. The smallest absolute Gasteiger partial charge is 0.239 e. The predicted octanol–water partition coefficient (Wildman–Crippen LogP) is 4.41. The van der Waals surface area contributed by atoms with Crippen LogP contribution >= 0.6 is 11.3 Å². The van der Waals surface area contributed by atoms with Gasteiger partial charge >= 0.3 is 0 Å². The van der Waals surface area contributed by atoms with E-state index in [1.807, 2.05) is 11.9 Å². The molecule has 2 aromatic heterocycles. The average Bonchev–Trinajstić information content (AvgIpc) is 3.20. The van der Waals surface area contributed by atoms with Crippen LogP contribution in [0.15, 0.2) is 24.3 Å². The third-order valence-corrected chi connectivity index (χ3v) is 5.58. The molecule has 2 heterocycles. The molecule has 0 unspecified atom stereocenters. The Hall–Kier alpha value is -2.68. The van der Waals surface area contributed by atoms with Gasteiger partial charge in [-0.15, -0.1) is 5.10 Å². The molecule has 0 aliphatic rings. The van der Waals surface area contributed by atoms with Gasteiger partial charge in [0.1, 0.15) is 11.5 Å². The van der Waals surface area contributed by atoms with Crippen LogP contribution in [0, 0.1) is 11.7 Å². The number of amides is 1. The number of nitrogens with zero attached hydrogens (tertiary/aromatic N) is 4. The third kappa shape index (κ3) is 5.94. The van der Waals surface area contributed by atoms with E-state index in [4.69, 9.17) is 10.1 Å². The van der Waals surface area contributed by atoms with Gasteiger partial charge in [-0.1, -0.05) is 25.2 Å². The first-order valence-electron chi connectivity index (χ1n) is 10.4. The Balaban J connectivity index is 1.86. The number of benzene rings is 1. The fourth-order valence-electron chi connectivity index (χ4n) is 3.01. The van der Waals surface area contributed by atoms with E-state index in [-0.39, 0.29) is 23.8 Å². The lowest BCUT2D eigenvalue weighted by atomic mass is 10.1. The molecule has 1 aromatic carbocycles. The number of hydrogen-bond acceptors (Lipinski definition) is 6. The number of fused-ring (bicyclic) bond motifs is 1. The topological polar surface area (TPSA) is 74.6 Å². The molecule has 31 heavy (non-hydrogen) atoms. The molecule has 2 N–H and O–H groups in total. The maximum atomic E-state index is 13.4. The largest absolute Gasteiger partial charge is 0.364 e. The summed E-state index contributed by atoms with van der Waals surface area (Å²) in [6.07, 6.45) is 0.953. The molecule has 0 spiro atoms. The van der Waals surface area contributed by atoms with E-state index in [1.54, 1.807) is 16.6 Å². The van der Waals surface area contributed by atoms with Crippen LogP contribution in [0.5, 0.6) is 0 Å². The van der Waals surface area contributed by atoms with Crippen molar-refractivity contribution in [3.05, 3.63) is 30.1 Å². The lowest BCUT2D eigenvalue weighted by molar-refractivity contribution is -0.119. The summed E-state index contributed by atoms with van der Waals surface area (Å²) in [5, 5.41) is 11.8. The van der Waals surface area contributed by atoms with Crippen molar-refractivity contribution in [3.63, 3.8) is 0 Å². The highest BCUT2D eigenvalue weighted by molar-refractivity contribution is 7.20. The molecule has 0 bridgehead atoms. The zero-order valence-electron chi connectivity index (χ0n) is 19.0. The van der Waals surface area contributed by atoms with E-state index in [0.717, 1.165) is 17.8 Å². The molecular weight excluding hydrogens is 415 g/mol. The second-order valence-electron chi connectivity index (χ2n) is 9.16. The molecule has 168 valence electrons. The Morgan fingerprint density at radius 3 is 2.55 bits per heavy atom. The number of carbonyl (C=O) groups excluding carboxylic acids is 1.